The highest BCUT2D eigenvalue weighted by Crippen LogP contribution is 2.32. The monoisotopic (exact) mass is 392 g/mol. The summed E-state index contributed by atoms with van der Waals surface area (Å²) in [4.78, 5) is 26.1. The maximum atomic E-state index is 12.5. The SMILES string of the molecule is Cc1ccc(/C=C2\SC(=O)N(CNc3ccc(Cl)c(Cl)c3)C2=O)cc1. The van der Waals surface area contributed by atoms with Gasteiger partial charge in [0.15, 0.2) is 0 Å². The Balaban J connectivity index is 1.70. The molecule has 0 radical (unpaired) electrons. The van der Waals surface area contributed by atoms with E-state index in [0.29, 0.717) is 20.6 Å². The highest BCUT2D eigenvalue weighted by Gasteiger charge is 2.34. The average Bonchev–Trinajstić information content (AvgIpc) is 2.84. The molecule has 0 aromatic heterocycles. The Morgan fingerprint density at radius 2 is 1.80 bits per heavy atom. The van der Waals surface area contributed by atoms with Gasteiger partial charge in [-0.2, -0.15) is 0 Å². The molecular weight excluding hydrogens is 379 g/mol. The van der Waals surface area contributed by atoms with E-state index in [-0.39, 0.29) is 17.8 Å². The number of anilines is 1. The van der Waals surface area contributed by atoms with Crippen molar-refractivity contribution in [3.8, 4) is 0 Å². The summed E-state index contributed by atoms with van der Waals surface area (Å²) >= 11 is 12.8. The smallest absolute Gasteiger partial charge is 0.295 e. The maximum Gasteiger partial charge on any atom is 0.295 e. The second kappa shape index (κ2) is 7.52. The van der Waals surface area contributed by atoms with Crippen LogP contribution < -0.4 is 5.32 Å². The highest BCUT2D eigenvalue weighted by molar-refractivity contribution is 8.18. The molecule has 1 aliphatic heterocycles. The summed E-state index contributed by atoms with van der Waals surface area (Å²) in [6.45, 7) is 2.06. The molecule has 0 atom stereocenters. The van der Waals surface area contributed by atoms with Crippen LogP contribution in [0.2, 0.25) is 10.0 Å². The first-order valence-electron chi connectivity index (χ1n) is 7.45. The Kier molecular flexibility index (Phi) is 5.37. The standard InChI is InChI=1S/C18H14Cl2N2O2S/c1-11-2-4-12(5-3-11)8-16-17(23)22(18(24)25-16)10-21-13-6-7-14(19)15(20)9-13/h2-9,21H,10H2,1H3/b16-8-. The van der Waals surface area contributed by atoms with Crippen LogP contribution in [0.15, 0.2) is 47.4 Å². The molecule has 0 aliphatic carbocycles. The number of nitrogens with one attached hydrogen (secondary N) is 1. The zero-order chi connectivity index (χ0) is 18.0. The predicted molar refractivity (Wildman–Crippen MR) is 104 cm³/mol. The third kappa shape index (κ3) is 4.18. The fraction of sp³-hybridized carbons (Fsp3) is 0.111. The predicted octanol–water partition coefficient (Wildman–Crippen LogP) is 5.41. The van der Waals surface area contributed by atoms with Crippen LogP contribution in [0.4, 0.5) is 10.5 Å². The largest absolute Gasteiger partial charge is 0.367 e. The van der Waals surface area contributed by atoms with Crippen LogP contribution in [0.1, 0.15) is 11.1 Å². The number of nitrogens with zero attached hydrogens (tertiary/aromatic N) is 1. The van der Waals surface area contributed by atoms with E-state index in [1.165, 1.54) is 0 Å². The Hall–Kier alpha value is -1.95. The Bertz CT molecular complexity index is 866. The molecule has 1 aliphatic rings. The third-order valence-electron chi connectivity index (χ3n) is 3.61. The molecular formula is C18H14Cl2N2O2S. The van der Waals surface area contributed by atoms with E-state index in [9.17, 15) is 9.59 Å². The minimum Gasteiger partial charge on any atom is -0.367 e. The number of carbonyl (C=O) groups excluding carboxylic acids is 2. The first kappa shape index (κ1) is 17.9. The fourth-order valence-electron chi connectivity index (χ4n) is 2.23. The molecule has 0 unspecified atom stereocenters. The minimum atomic E-state index is -0.317. The number of hydrogen-bond acceptors (Lipinski definition) is 4. The lowest BCUT2D eigenvalue weighted by Gasteiger charge is -2.14. The summed E-state index contributed by atoms with van der Waals surface area (Å²) in [7, 11) is 0. The topological polar surface area (TPSA) is 49.4 Å². The van der Waals surface area contributed by atoms with Crippen LogP contribution in [0.3, 0.4) is 0 Å². The molecule has 2 amide bonds. The van der Waals surface area contributed by atoms with Crippen LogP contribution in [0.5, 0.6) is 0 Å². The fourth-order valence-corrected chi connectivity index (χ4v) is 3.36. The Labute approximate surface area is 159 Å². The molecule has 0 spiro atoms. The van der Waals surface area contributed by atoms with E-state index >= 15 is 0 Å². The number of aryl methyl sites for hydroxylation is 1. The molecule has 1 heterocycles. The van der Waals surface area contributed by atoms with Gasteiger partial charge in [0.2, 0.25) is 0 Å². The molecule has 128 valence electrons. The number of hydrogen-bond donors (Lipinski definition) is 1. The van der Waals surface area contributed by atoms with E-state index < -0.39 is 0 Å². The summed E-state index contributed by atoms with van der Waals surface area (Å²) in [5, 5.41) is 3.55. The number of carbonyl (C=O) groups is 2. The minimum absolute atomic E-state index is 0.0634. The summed E-state index contributed by atoms with van der Waals surface area (Å²) < 4.78 is 0. The van der Waals surface area contributed by atoms with Crippen molar-refractivity contribution in [2.75, 3.05) is 12.0 Å². The van der Waals surface area contributed by atoms with Crippen molar-refractivity contribution in [1.29, 1.82) is 0 Å². The lowest BCUT2D eigenvalue weighted by atomic mass is 10.1. The molecule has 2 aromatic carbocycles. The van der Waals surface area contributed by atoms with Crippen molar-refractivity contribution < 1.29 is 9.59 Å². The number of halogens is 2. The van der Waals surface area contributed by atoms with Crippen molar-refractivity contribution >= 4 is 57.9 Å². The van der Waals surface area contributed by atoms with Crippen molar-refractivity contribution in [3.63, 3.8) is 0 Å². The second-order valence-electron chi connectivity index (χ2n) is 5.48. The van der Waals surface area contributed by atoms with Crippen LogP contribution in [-0.4, -0.2) is 22.7 Å². The Morgan fingerprint density at radius 1 is 1.08 bits per heavy atom. The van der Waals surface area contributed by atoms with E-state index in [2.05, 4.69) is 5.32 Å². The van der Waals surface area contributed by atoms with Crippen LogP contribution in [-0.2, 0) is 4.79 Å². The molecule has 1 fully saturated rings. The van der Waals surface area contributed by atoms with E-state index in [1.807, 2.05) is 31.2 Å². The van der Waals surface area contributed by atoms with Gasteiger partial charge < -0.3 is 5.32 Å². The van der Waals surface area contributed by atoms with E-state index in [0.717, 1.165) is 27.8 Å². The summed E-state index contributed by atoms with van der Waals surface area (Å²) in [6, 6.07) is 12.8. The van der Waals surface area contributed by atoms with Gasteiger partial charge in [0.1, 0.15) is 0 Å². The van der Waals surface area contributed by atoms with Crippen molar-refractivity contribution in [3.05, 3.63) is 68.5 Å². The van der Waals surface area contributed by atoms with E-state index in [1.54, 1.807) is 24.3 Å². The zero-order valence-corrected chi connectivity index (χ0v) is 15.6. The lowest BCUT2D eigenvalue weighted by Crippen LogP contribution is -2.33. The van der Waals surface area contributed by atoms with Gasteiger partial charge in [-0.3, -0.25) is 14.5 Å². The number of rotatable bonds is 4. The van der Waals surface area contributed by atoms with Gasteiger partial charge in [-0.1, -0.05) is 53.0 Å². The number of benzene rings is 2. The summed E-state index contributed by atoms with van der Waals surface area (Å²) in [5.74, 6) is -0.317. The second-order valence-corrected chi connectivity index (χ2v) is 7.29. The Morgan fingerprint density at radius 3 is 2.48 bits per heavy atom. The quantitative estimate of drug-likeness (QED) is 0.706. The molecule has 7 heteroatoms. The normalized spacial score (nSPS) is 16.0. The molecule has 3 rings (SSSR count). The third-order valence-corrected chi connectivity index (χ3v) is 5.26. The van der Waals surface area contributed by atoms with Gasteiger partial charge in [0.25, 0.3) is 11.1 Å². The molecule has 4 nitrogen and oxygen atoms in total. The zero-order valence-electron chi connectivity index (χ0n) is 13.3. The number of imide groups is 1. The number of thioether (sulfide) groups is 1. The lowest BCUT2D eigenvalue weighted by molar-refractivity contribution is -0.122. The molecule has 0 bridgehead atoms. The molecule has 0 saturated carbocycles. The van der Waals surface area contributed by atoms with Crippen molar-refractivity contribution in [2.24, 2.45) is 0 Å². The first-order valence-corrected chi connectivity index (χ1v) is 9.02. The van der Waals surface area contributed by atoms with Gasteiger partial charge in [0, 0.05) is 5.69 Å². The molecule has 2 aromatic rings. The first-order chi connectivity index (χ1) is 11.9. The van der Waals surface area contributed by atoms with Gasteiger partial charge in [-0.15, -0.1) is 0 Å². The summed E-state index contributed by atoms with van der Waals surface area (Å²) in [6.07, 6.45) is 1.73. The van der Waals surface area contributed by atoms with Crippen LogP contribution in [0, 0.1) is 6.92 Å². The van der Waals surface area contributed by atoms with Crippen LogP contribution in [0.25, 0.3) is 6.08 Å². The van der Waals surface area contributed by atoms with Gasteiger partial charge in [-0.25, -0.2) is 0 Å². The summed E-state index contributed by atoms with van der Waals surface area (Å²) in [5.41, 5.74) is 2.69. The van der Waals surface area contributed by atoms with Gasteiger partial charge >= 0.3 is 0 Å². The highest BCUT2D eigenvalue weighted by atomic mass is 35.5. The maximum absolute atomic E-state index is 12.5. The molecule has 1 N–H and O–H groups in total. The molecule has 1 saturated heterocycles. The van der Waals surface area contributed by atoms with E-state index in [4.69, 9.17) is 23.2 Å². The number of amides is 2. The van der Waals surface area contributed by atoms with Crippen molar-refractivity contribution in [2.45, 2.75) is 6.92 Å². The van der Waals surface area contributed by atoms with Crippen molar-refractivity contribution in [1.82, 2.24) is 4.90 Å². The molecule has 25 heavy (non-hydrogen) atoms. The van der Waals surface area contributed by atoms with Gasteiger partial charge in [0.05, 0.1) is 21.6 Å². The average molecular weight is 393 g/mol. The van der Waals surface area contributed by atoms with Crippen LogP contribution >= 0.6 is 35.0 Å². The van der Waals surface area contributed by atoms with Gasteiger partial charge in [-0.05, 0) is 48.5 Å².